The predicted octanol–water partition coefficient (Wildman–Crippen LogP) is 0.969. The van der Waals surface area contributed by atoms with Crippen molar-refractivity contribution in [3.8, 4) is 0 Å². The van der Waals surface area contributed by atoms with E-state index in [0.717, 1.165) is 12.2 Å². The van der Waals surface area contributed by atoms with E-state index in [0.29, 0.717) is 13.0 Å². The number of aryl methyl sites for hydroxylation is 1. The summed E-state index contributed by atoms with van der Waals surface area (Å²) in [6.07, 6.45) is 1.69. The lowest BCUT2D eigenvalue weighted by Crippen LogP contribution is -2.22. The van der Waals surface area contributed by atoms with E-state index < -0.39 is 5.97 Å². The Morgan fingerprint density at radius 3 is 3.21 bits per heavy atom. The molecule has 0 radical (unpaired) electrons. The van der Waals surface area contributed by atoms with Crippen LogP contribution < -0.4 is 0 Å². The van der Waals surface area contributed by atoms with Crippen molar-refractivity contribution >= 4 is 17.6 Å². The summed E-state index contributed by atoms with van der Waals surface area (Å²) in [5.74, 6) is 0.210. The van der Waals surface area contributed by atoms with Gasteiger partial charge in [-0.15, -0.1) is 5.10 Å². The minimum Gasteiger partial charge on any atom is -0.481 e. The van der Waals surface area contributed by atoms with Gasteiger partial charge in [-0.1, -0.05) is 0 Å². The van der Waals surface area contributed by atoms with Gasteiger partial charge in [-0.2, -0.15) is 0 Å². The molecule has 2 rings (SSSR count). The van der Waals surface area contributed by atoms with Crippen molar-refractivity contribution in [1.29, 1.82) is 0 Å². The van der Waals surface area contributed by atoms with Crippen molar-refractivity contribution in [2.24, 2.45) is 5.92 Å². The fourth-order valence-corrected chi connectivity index (χ4v) is 1.95. The second kappa shape index (κ2) is 3.57. The summed E-state index contributed by atoms with van der Waals surface area (Å²) in [6, 6.07) is 0. The van der Waals surface area contributed by atoms with Crippen LogP contribution in [0.15, 0.2) is 0 Å². The Balaban J connectivity index is 2.09. The third-order valence-electron chi connectivity index (χ3n) is 2.41. The van der Waals surface area contributed by atoms with Crippen LogP contribution in [0, 0.1) is 5.92 Å². The van der Waals surface area contributed by atoms with Crippen LogP contribution in [0.4, 0.5) is 0 Å². The van der Waals surface area contributed by atoms with E-state index in [1.165, 1.54) is 0 Å². The Morgan fingerprint density at radius 1 is 1.71 bits per heavy atom. The molecule has 14 heavy (non-hydrogen) atoms. The van der Waals surface area contributed by atoms with Crippen LogP contribution in [-0.4, -0.2) is 25.8 Å². The zero-order valence-corrected chi connectivity index (χ0v) is 8.24. The second-order valence-corrected chi connectivity index (χ2v) is 3.81. The first-order valence-corrected chi connectivity index (χ1v) is 4.84. The standard InChI is InChI=1S/C8H10ClN3O2/c9-8-10-6-3-5(4-7(13)14)1-2-12(6)11-8/h5H,1-4H2,(H,13,14). The molecule has 1 aliphatic rings. The Morgan fingerprint density at radius 2 is 2.50 bits per heavy atom. The Hall–Kier alpha value is -1.10. The van der Waals surface area contributed by atoms with Gasteiger partial charge in [0.1, 0.15) is 5.82 Å². The normalized spacial score (nSPS) is 20.5. The Bertz CT molecular complexity index is 363. The molecule has 0 aliphatic carbocycles. The summed E-state index contributed by atoms with van der Waals surface area (Å²) in [7, 11) is 0. The van der Waals surface area contributed by atoms with E-state index in [1.54, 1.807) is 4.68 Å². The van der Waals surface area contributed by atoms with Gasteiger partial charge in [-0.25, -0.2) is 9.67 Å². The minimum atomic E-state index is -0.755. The van der Waals surface area contributed by atoms with Crippen LogP contribution in [0.5, 0.6) is 0 Å². The summed E-state index contributed by atoms with van der Waals surface area (Å²) >= 11 is 5.64. The highest BCUT2D eigenvalue weighted by molar-refractivity contribution is 6.28. The zero-order valence-electron chi connectivity index (χ0n) is 7.48. The quantitative estimate of drug-likeness (QED) is 0.798. The molecule has 0 amide bonds. The molecule has 6 heteroatoms. The topological polar surface area (TPSA) is 68.0 Å². The predicted molar refractivity (Wildman–Crippen MR) is 49.1 cm³/mol. The van der Waals surface area contributed by atoms with Crippen LogP contribution in [-0.2, 0) is 17.8 Å². The summed E-state index contributed by atoms with van der Waals surface area (Å²) in [5.41, 5.74) is 0. The van der Waals surface area contributed by atoms with Gasteiger partial charge in [0.2, 0.25) is 5.28 Å². The summed E-state index contributed by atoms with van der Waals surface area (Å²) < 4.78 is 1.75. The molecule has 0 saturated heterocycles. The van der Waals surface area contributed by atoms with E-state index in [4.69, 9.17) is 16.7 Å². The molecule has 0 bridgehead atoms. The average Bonchev–Trinajstić information content (AvgIpc) is 2.42. The van der Waals surface area contributed by atoms with E-state index in [1.807, 2.05) is 0 Å². The molecular weight excluding hydrogens is 206 g/mol. The maximum absolute atomic E-state index is 10.5. The van der Waals surface area contributed by atoms with Gasteiger partial charge in [0, 0.05) is 19.4 Å². The highest BCUT2D eigenvalue weighted by Crippen LogP contribution is 2.22. The number of carboxylic acids is 1. The number of nitrogens with zero attached hydrogens (tertiary/aromatic N) is 3. The van der Waals surface area contributed by atoms with Crippen LogP contribution in [0.2, 0.25) is 5.28 Å². The number of fused-ring (bicyclic) bond motifs is 1. The highest BCUT2D eigenvalue weighted by Gasteiger charge is 2.23. The molecule has 1 aliphatic heterocycles. The van der Waals surface area contributed by atoms with Crippen molar-refractivity contribution in [2.45, 2.75) is 25.8 Å². The van der Waals surface area contributed by atoms with E-state index in [2.05, 4.69) is 10.1 Å². The number of halogens is 1. The number of rotatable bonds is 2. The monoisotopic (exact) mass is 215 g/mol. The maximum atomic E-state index is 10.5. The van der Waals surface area contributed by atoms with Crippen LogP contribution in [0.1, 0.15) is 18.7 Å². The third kappa shape index (κ3) is 1.87. The first kappa shape index (κ1) is 9.45. The van der Waals surface area contributed by atoms with Crippen molar-refractivity contribution in [3.63, 3.8) is 0 Å². The first-order valence-electron chi connectivity index (χ1n) is 4.46. The van der Waals surface area contributed by atoms with Gasteiger partial charge in [0.05, 0.1) is 0 Å². The van der Waals surface area contributed by atoms with Crippen molar-refractivity contribution in [2.75, 3.05) is 0 Å². The van der Waals surface area contributed by atoms with Crippen LogP contribution in [0.25, 0.3) is 0 Å². The molecule has 0 aromatic carbocycles. The number of carboxylic acid groups (broad SMARTS) is 1. The van der Waals surface area contributed by atoms with Crippen molar-refractivity contribution in [3.05, 3.63) is 11.1 Å². The smallest absolute Gasteiger partial charge is 0.303 e. The molecule has 5 nitrogen and oxygen atoms in total. The average molecular weight is 216 g/mol. The number of hydrogen-bond donors (Lipinski definition) is 1. The van der Waals surface area contributed by atoms with Crippen LogP contribution in [0.3, 0.4) is 0 Å². The van der Waals surface area contributed by atoms with Gasteiger partial charge >= 0.3 is 5.97 Å². The zero-order chi connectivity index (χ0) is 10.1. The second-order valence-electron chi connectivity index (χ2n) is 3.48. The molecule has 0 saturated carbocycles. The number of carbonyl (C=O) groups is 1. The van der Waals surface area contributed by atoms with Crippen molar-refractivity contribution < 1.29 is 9.90 Å². The highest BCUT2D eigenvalue weighted by atomic mass is 35.5. The molecule has 1 atom stereocenters. The third-order valence-corrected chi connectivity index (χ3v) is 2.57. The summed E-state index contributed by atoms with van der Waals surface area (Å²) in [4.78, 5) is 14.5. The van der Waals surface area contributed by atoms with Crippen molar-refractivity contribution in [1.82, 2.24) is 14.8 Å². The molecule has 0 spiro atoms. The van der Waals surface area contributed by atoms with Gasteiger partial charge in [-0.3, -0.25) is 4.79 Å². The van der Waals surface area contributed by atoms with Gasteiger partial charge in [0.25, 0.3) is 0 Å². The lowest BCUT2D eigenvalue weighted by molar-refractivity contribution is -0.138. The molecule has 1 unspecified atom stereocenters. The van der Waals surface area contributed by atoms with Gasteiger partial charge in [0.15, 0.2) is 0 Å². The minimum absolute atomic E-state index is 0.167. The SMILES string of the molecule is O=C(O)CC1CCn2nc(Cl)nc2C1. The number of hydrogen-bond acceptors (Lipinski definition) is 3. The molecule has 1 aromatic rings. The van der Waals surface area contributed by atoms with Gasteiger partial charge < -0.3 is 5.11 Å². The fraction of sp³-hybridized carbons (Fsp3) is 0.625. The molecule has 1 N–H and O–H groups in total. The molecule has 1 aromatic heterocycles. The Labute approximate surface area is 85.7 Å². The fourth-order valence-electron chi connectivity index (χ4n) is 1.76. The number of aromatic nitrogens is 3. The number of aliphatic carboxylic acids is 1. The molecule has 2 heterocycles. The lowest BCUT2D eigenvalue weighted by atomic mass is 9.95. The maximum Gasteiger partial charge on any atom is 0.303 e. The largest absolute Gasteiger partial charge is 0.481 e. The Kier molecular flexibility index (Phi) is 2.41. The molecule has 0 fully saturated rings. The molecule has 76 valence electrons. The first-order chi connectivity index (χ1) is 6.65. The van der Waals surface area contributed by atoms with E-state index in [9.17, 15) is 4.79 Å². The lowest BCUT2D eigenvalue weighted by Gasteiger charge is -2.20. The van der Waals surface area contributed by atoms with Crippen LogP contribution >= 0.6 is 11.6 Å². The molecular formula is C8H10ClN3O2. The summed E-state index contributed by atoms with van der Waals surface area (Å²) in [5, 5.41) is 12.9. The summed E-state index contributed by atoms with van der Waals surface area (Å²) in [6.45, 7) is 0.715. The van der Waals surface area contributed by atoms with E-state index >= 15 is 0 Å². The van der Waals surface area contributed by atoms with E-state index in [-0.39, 0.29) is 17.6 Å². The van der Waals surface area contributed by atoms with Gasteiger partial charge in [-0.05, 0) is 23.9 Å².